The fourth-order valence-electron chi connectivity index (χ4n) is 3.41. The number of hydrogen-bond acceptors (Lipinski definition) is 3. The normalized spacial score (nSPS) is 18.1. The van der Waals surface area contributed by atoms with Gasteiger partial charge in [0.05, 0.1) is 11.7 Å². The Bertz CT molecular complexity index is 838. The quantitative estimate of drug-likeness (QED) is 0.794. The molecule has 1 saturated heterocycles. The van der Waals surface area contributed by atoms with Gasteiger partial charge < -0.3 is 5.32 Å². The molecule has 0 aliphatic carbocycles. The van der Waals surface area contributed by atoms with Gasteiger partial charge in [-0.1, -0.05) is 48.5 Å². The van der Waals surface area contributed by atoms with Crippen LogP contribution in [0.3, 0.4) is 0 Å². The molecule has 1 fully saturated rings. The smallest absolute Gasteiger partial charge is 0.228 e. The van der Waals surface area contributed by atoms with Crippen LogP contribution in [0.1, 0.15) is 24.8 Å². The predicted molar refractivity (Wildman–Crippen MR) is 108 cm³/mol. The third-order valence-electron chi connectivity index (χ3n) is 4.90. The number of para-hydroxylation sites is 1. The minimum absolute atomic E-state index is 0.106. The summed E-state index contributed by atoms with van der Waals surface area (Å²) in [5, 5.41) is 2.89. The molecule has 1 atom stereocenters. The molecule has 0 spiro atoms. The molecule has 0 bridgehead atoms. The number of amides is 1. The van der Waals surface area contributed by atoms with E-state index in [-0.39, 0.29) is 24.1 Å². The van der Waals surface area contributed by atoms with Gasteiger partial charge in [-0.3, -0.25) is 4.79 Å². The van der Waals surface area contributed by atoms with E-state index in [0.29, 0.717) is 25.8 Å². The number of anilines is 1. The lowest BCUT2D eigenvalue weighted by Gasteiger charge is -2.31. The van der Waals surface area contributed by atoms with E-state index in [1.54, 1.807) is 0 Å². The van der Waals surface area contributed by atoms with Gasteiger partial charge in [0.1, 0.15) is 0 Å². The number of aryl methyl sites for hydroxylation is 1. The number of benzene rings is 2. The van der Waals surface area contributed by atoms with E-state index < -0.39 is 10.0 Å². The van der Waals surface area contributed by atoms with Crippen molar-refractivity contribution in [1.82, 2.24) is 4.31 Å². The van der Waals surface area contributed by atoms with Crippen LogP contribution in [0.5, 0.6) is 0 Å². The fraction of sp³-hybridized carbons (Fsp3) is 0.381. The SMILES string of the molecule is O=C(Nc1ccccc1)C1CCCN(S(=O)(=O)CCCc2ccccc2)C1. The van der Waals surface area contributed by atoms with Crippen molar-refractivity contribution in [3.05, 3.63) is 66.2 Å². The Morgan fingerprint density at radius 3 is 2.41 bits per heavy atom. The zero-order valence-corrected chi connectivity index (χ0v) is 16.2. The number of hydrogen-bond donors (Lipinski definition) is 1. The molecule has 27 heavy (non-hydrogen) atoms. The second-order valence-electron chi connectivity index (χ2n) is 6.96. The molecule has 3 rings (SSSR count). The Hall–Kier alpha value is -2.18. The average molecular weight is 387 g/mol. The monoisotopic (exact) mass is 386 g/mol. The maximum atomic E-state index is 12.7. The summed E-state index contributed by atoms with van der Waals surface area (Å²) in [4.78, 5) is 12.5. The van der Waals surface area contributed by atoms with Crippen molar-refractivity contribution in [2.45, 2.75) is 25.7 Å². The number of carbonyl (C=O) groups excluding carboxylic acids is 1. The van der Waals surface area contributed by atoms with Crippen LogP contribution in [0.2, 0.25) is 0 Å². The van der Waals surface area contributed by atoms with Crippen molar-refractivity contribution < 1.29 is 13.2 Å². The average Bonchev–Trinajstić information content (AvgIpc) is 2.69. The van der Waals surface area contributed by atoms with E-state index in [0.717, 1.165) is 17.7 Å². The van der Waals surface area contributed by atoms with Gasteiger partial charge >= 0.3 is 0 Å². The first kappa shape index (κ1) is 19.6. The summed E-state index contributed by atoms with van der Waals surface area (Å²) in [6.07, 6.45) is 2.76. The predicted octanol–water partition coefficient (Wildman–Crippen LogP) is 3.30. The van der Waals surface area contributed by atoms with Crippen LogP contribution in [0.25, 0.3) is 0 Å². The highest BCUT2D eigenvalue weighted by molar-refractivity contribution is 7.89. The number of carbonyl (C=O) groups is 1. The number of sulfonamides is 1. The summed E-state index contributed by atoms with van der Waals surface area (Å²) in [7, 11) is -3.34. The summed E-state index contributed by atoms with van der Waals surface area (Å²) < 4.78 is 26.9. The van der Waals surface area contributed by atoms with Gasteiger partial charge in [-0.05, 0) is 43.4 Å². The highest BCUT2D eigenvalue weighted by Crippen LogP contribution is 2.22. The van der Waals surface area contributed by atoms with Gasteiger partial charge in [0.15, 0.2) is 0 Å². The molecule has 1 unspecified atom stereocenters. The van der Waals surface area contributed by atoms with E-state index in [2.05, 4.69) is 5.32 Å². The molecule has 6 heteroatoms. The fourth-order valence-corrected chi connectivity index (χ4v) is 4.99. The first-order valence-electron chi connectivity index (χ1n) is 9.42. The highest BCUT2D eigenvalue weighted by Gasteiger charge is 2.32. The van der Waals surface area contributed by atoms with Crippen molar-refractivity contribution >= 4 is 21.6 Å². The zero-order valence-electron chi connectivity index (χ0n) is 15.4. The van der Waals surface area contributed by atoms with Crippen LogP contribution in [0.15, 0.2) is 60.7 Å². The van der Waals surface area contributed by atoms with Crippen LogP contribution in [-0.2, 0) is 21.2 Å². The summed E-state index contributed by atoms with van der Waals surface area (Å²) in [5.74, 6) is -0.289. The van der Waals surface area contributed by atoms with Gasteiger partial charge in [0.2, 0.25) is 15.9 Å². The molecule has 5 nitrogen and oxygen atoms in total. The Balaban J connectivity index is 1.53. The van der Waals surface area contributed by atoms with Crippen molar-refractivity contribution in [3.63, 3.8) is 0 Å². The first-order chi connectivity index (χ1) is 13.0. The number of nitrogens with one attached hydrogen (secondary N) is 1. The molecular weight excluding hydrogens is 360 g/mol. The van der Waals surface area contributed by atoms with Crippen molar-refractivity contribution in [1.29, 1.82) is 0 Å². The molecule has 2 aromatic carbocycles. The molecule has 1 heterocycles. The summed E-state index contributed by atoms with van der Waals surface area (Å²) in [6.45, 7) is 0.773. The van der Waals surface area contributed by atoms with Crippen LogP contribution in [-0.4, -0.2) is 37.5 Å². The zero-order chi connectivity index (χ0) is 19.1. The van der Waals surface area contributed by atoms with Gasteiger partial charge in [-0.2, -0.15) is 0 Å². The lowest BCUT2D eigenvalue weighted by molar-refractivity contribution is -0.120. The largest absolute Gasteiger partial charge is 0.326 e. The Morgan fingerprint density at radius 1 is 1.04 bits per heavy atom. The molecule has 0 aromatic heterocycles. The number of nitrogens with zero attached hydrogens (tertiary/aromatic N) is 1. The Kier molecular flexibility index (Phi) is 6.63. The molecule has 2 aromatic rings. The topological polar surface area (TPSA) is 66.5 Å². The van der Waals surface area contributed by atoms with Gasteiger partial charge in [0, 0.05) is 18.8 Å². The van der Waals surface area contributed by atoms with Crippen molar-refractivity contribution in [2.24, 2.45) is 5.92 Å². The Labute approximate surface area is 161 Å². The van der Waals surface area contributed by atoms with Crippen LogP contribution >= 0.6 is 0 Å². The molecule has 0 saturated carbocycles. The molecule has 1 aliphatic heterocycles. The van der Waals surface area contributed by atoms with E-state index in [1.165, 1.54) is 4.31 Å². The molecule has 144 valence electrons. The van der Waals surface area contributed by atoms with Gasteiger partial charge in [-0.15, -0.1) is 0 Å². The summed E-state index contributed by atoms with van der Waals surface area (Å²) in [5.41, 5.74) is 1.89. The van der Waals surface area contributed by atoms with Crippen LogP contribution < -0.4 is 5.32 Å². The lowest BCUT2D eigenvalue weighted by Crippen LogP contribution is -2.44. The first-order valence-corrected chi connectivity index (χ1v) is 11.0. The van der Waals surface area contributed by atoms with Crippen LogP contribution in [0, 0.1) is 5.92 Å². The van der Waals surface area contributed by atoms with Crippen molar-refractivity contribution in [3.8, 4) is 0 Å². The molecular formula is C21H26N2O3S. The molecule has 1 amide bonds. The van der Waals surface area contributed by atoms with Gasteiger partial charge in [-0.25, -0.2) is 12.7 Å². The third kappa shape index (κ3) is 5.65. The summed E-state index contributed by atoms with van der Waals surface area (Å²) >= 11 is 0. The minimum atomic E-state index is -3.34. The number of rotatable bonds is 7. The lowest BCUT2D eigenvalue weighted by atomic mass is 9.99. The third-order valence-corrected chi connectivity index (χ3v) is 6.82. The van der Waals surface area contributed by atoms with E-state index in [1.807, 2.05) is 60.7 Å². The number of piperidine rings is 1. The van der Waals surface area contributed by atoms with E-state index in [4.69, 9.17) is 0 Å². The van der Waals surface area contributed by atoms with Crippen molar-refractivity contribution in [2.75, 3.05) is 24.2 Å². The highest BCUT2D eigenvalue weighted by atomic mass is 32.2. The maximum Gasteiger partial charge on any atom is 0.228 e. The maximum absolute atomic E-state index is 12.7. The molecule has 0 radical (unpaired) electrons. The second-order valence-corrected chi connectivity index (χ2v) is 9.05. The molecule has 1 N–H and O–H groups in total. The molecule has 1 aliphatic rings. The minimum Gasteiger partial charge on any atom is -0.326 e. The second kappa shape index (κ2) is 9.15. The van der Waals surface area contributed by atoms with Gasteiger partial charge in [0.25, 0.3) is 0 Å². The van der Waals surface area contributed by atoms with E-state index in [9.17, 15) is 13.2 Å². The Morgan fingerprint density at radius 2 is 1.70 bits per heavy atom. The van der Waals surface area contributed by atoms with Crippen LogP contribution in [0.4, 0.5) is 5.69 Å². The van der Waals surface area contributed by atoms with E-state index >= 15 is 0 Å². The summed E-state index contributed by atoms with van der Waals surface area (Å²) in [6, 6.07) is 19.2. The standard InChI is InChI=1S/C21H26N2O3S/c24-21(22-20-13-5-2-6-14-20)19-12-7-15-23(17-19)27(25,26)16-8-11-18-9-3-1-4-10-18/h1-6,9-10,13-14,19H,7-8,11-12,15-17H2,(H,22,24).